The van der Waals surface area contributed by atoms with E-state index < -0.39 is 64.8 Å². The molecule has 1 aliphatic rings. The third-order valence-electron chi connectivity index (χ3n) is 8.77. The summed E-state index contributed by atoms with van der Waals surface area (Å²) in [5.41, 5.74) is 10.3. The maximum Gasteiger partial charge on any atom is 0.347 e. The second-order valence-corrected chi connectivity index (χ2v) is 14.6. The van der Waals surface area contributed by atoms with Gasteiger partial charge in [-0.3, -0.25) is 14.4 Å². The molecule has 2 aromatic rings. The molecule has 0 saturated heterocycles. The molecule has 0 bridgehead atoms. The zero-order valence-corrected chi connectivity index (χ0v) is 33.0. The summed E-state index contributed by atoms with van der Waals surface area (Å²) in [6.45, 7) is 4.96. The summed E-state index contributed by atoms with van der Waals surface area (Å²) < 4.78 is 23.1. The van der Waals surface area contributed by atoms with E-state index in [2.05, 4.69) is 36.6 Å². The number of cyclic esters (lactones) is 2. The summed E-state index contributed by atoms with van der Waals surface area (Å²) in [6, 6.07) is 13.3. The maximum atomic E-state index is 13.9. The van der Waals surface area contributed by atoms with Crippen molar-refractivity contribution >= 4 is 57.6 Å². The highest BCUT2D eigenvalue weighted by molar-refractivity contribution is 9.09. The van der Waals surface area contributed by atoms with Gasteiger partial charge in [0.05, 0.1) is 29.0 Å². The number of carbonyl (C=O) groups excluding carboxylic acids is 5. The van der Waals surface area contributed by atoms with Gasteiger partial charge in [0.25, 0.3) is 0 Å². The minimum atomic E-state index is -1.32. The molecule has 0 spiro atoms. The Bertz CT molecular complexity index is 1660. The first-order valence-electron chi connectivity index (χ1n) is 17.6. The lowest BCUT2D eigenvalue weighted by Crippen LogP contribution is -2.49. The van der Waals surface area contributed by atoms with Crippen LogP contribution >= 0.6 is 27.5 Å². The molecule has 0 saturated carbocycles. The zero-order chi connectivity index (χ0) is 39.6. The van der Waals surface area contributed by atoms with Crippen molar-refractivity contribution in [2.24, 2.45) is 22.9 Å². The Morgan fingerprint density at radius 2 is 1.83 bits per heavy atom. The van der Waals surface area contributed by atoms with Crippen molar-refractivity contribution in [3.63, 3.8) is 0 Å². The van der Waals surface area contributed by atoms with Crippen molar-refractivity contribution in [3.8, 4) is 5.75 Å². The Labute approximate surface area is 328 Å². The molecule has 0 aromatic heterocycles. The molecule has 16 heteroatoms. The molecular formula is C38H47BrClN5O9. The molecule has 0 radical (unpaired) electrons. The van der Waals surface area contributed by atoms with E-state index in [4.69, 9.17) is 36.1 Å². The average Bonchev–Trinajstić information content (AvgIpc) is 3.14. The number of azide groups is 1. The highest BCUT2D eigenvalue weighted by Crippen LogP contribution is 2.35. The van der Waals surface area contributed by atoms with Crippen LogP contribution in [0.15, 0.2) is 65.8 Å². The van der Waals surface area contributed by atoms with Gasteiger partial charge in [-0.2, -0.15) is 0 Å². The lowest BCUT2D eigenvalue weighted by molar-refractivity contribution is -0.178. The number of ether oxygens (including phenoxy) is 4. The number of rotatable bonds is 15. The van der Waals surface area contributed by atoms with E-state index >= 15 is 0 Å². The quantitative estimate of drug-likeness (QED) is 0.0541. The number of hydrogen-bond donors (Lipinski definition) is 2. The van der Waals surface area contributed by atoms with Crippen molar-refractivity contribution in [1.82, 2.24) is 10.6 Å². The molecule has 1 aliphatic heterocycles. The summed E-state index contributed by atoms with van der Waals surface area (Å²) in [5.74, 6) is -4.06. The molecule has 54 heavy (non-hydrogen) atoms. The molecule has 2 N–H and O–H groups in total. The number of carbonyl (C=O) groups is 5. The van der Waals surface area contributed by atoms with Crippen LogP contribution in [0.4, 0.5) is 0 Å². The van der Waals surface area contributed by atoms with E-state index in [0.717, 1.165) is 5.56 Å². The van der Waals surface area contributed by atoms with Gasteiger partial charge in [0.15, 0.2) is 6.10 Å². The van der Waals surface area contributed by atoms with Crippen molar-refractivity contribution in [3.05, 3.63) is 87.3 Å². The van der Waals surface area contributed by atoms with Crippen LogP contribution in [0.25, 0.3) is 10.4 Å². The van der Waals surface area contributed by atoms with Crippen LogP contribution in [0.1, 0.15) is 56.0 Å². The number of esters is 2. The second kappa shape index (κ2) is 22.7. The number of methoxy groups -OCH3 is 1. The highest BCUT2D eigenvalue weighted by atomic mass is 79.9. The fourth-order valence-electron chi connectivity index (χ4n) is 5.86. The van der Waals surface area contributed by atoms with Gasteiger partial charge >= 0.3 is 11.9 Å². The first kappa shape index (κ1) is 44.0. The molecule has 3 rings (SSSR count). The van der Waals surface area contributed by atoms with E-state index in [0.29, 0.717) is 22.6 Å². The molecule has 0 unspecified atom stereocenters. The molecule has 14 nitrogen and oxygen atoms in total. The Kier molecular flexibility index (Phi) is 18.5. The molecule has 0 fully saturated rings. The van der Waals surface area contributed by atoms with Gasteiger partial charge in [0, 0.05) is 36.8 Å². The number of halogens is 2. The molecule has 1 heterocycles. The van der Waals surface area contributed by atoms with Gasteiger partial charge in [-0.05, 0) is 53.6 Å². The minimum Gasteiger partial charge on any atom is -0.495 e. The summed E-state index contributed by atoms with van der Waals surface area (Å²) >= 11 is 10.1. The Morgan fingerprint density at radius 1 is 1.09 bits per heavy atom. The molecule has 2 amide bonds. The molecule has 7 atom stereocenters. The monoisotopic (exact) mass is 831 g/mol. The summed E-state index contributed by atoms with van der Waals surface area (Å²) in [4.78, 5) is 68.3. The average molecular weight is 833 g/mol. The van der Waals surface area contributed by atoms with Crippen LogP contribution in [0.3, 0.4) is 0 Å². The number of aldehydes is 1. The van der Waals surface area contributed by atoms with Gasteiger partial charge < -0.3 is 34.4 Å². The van der Waals surface area contributed by atoms with Crippen molar-refractivity contribution in [1.29, 1.82) is 0 Å². The largest absolute Gasteiger partial charge is 0.495 e. The third kappa shape index (κ3) is 13.8. The maximum absolute atomic E-state index is 13.9. The molecule has 2 aromatic carbocycles. The van der Waals surface area contributed by atoms with E-state index in [9.17, 15) is 24.0 Å². The normalized spacial score (nSPS) is 22.4. The topological polar surface area (TPSA) is 195 Å². The Hall–Kier alpha value is -4.43. The zero-order valence-electron chi connectivity index (χ0n) is 30.7. The van der Waals surface area contributed by atoms with Crippen LogP contribution in [-0.4, -0.2) is 81.2 Å². The lowest BCUT2D eigenvalue weighted by atomic mass is 9.90. The predicted molar refractivity (Wildman–Crippen MR) is 205 cm³/mol. The van der Waals surface area contributed by atoms with Crippen LogP contribution < -0.4 is 15.4 Å². The third-order valence-corrected chi connectivity index (χ3v) is 10.1. The van der Waals surface area contributed by atoms with E-state index in [1.807, 2.05) is 44.2 Å². The lowest BCUT2D eigenvalue weighted by Gasteiger charge is -2.34. The first-order chi connectivity index (χ1) is 25.9. The standard InChI is InChI=1S/C38H47BrClN5O9/c1-23(2)19-32-38(50)53-30(24(3)35(52-18-17-46)34(39)26-9-6-5-7-10-26)11-8-12-33(47)44-29(21-25-13-14-31(51-4)28(40)20-25)36(48)42-22-27(37(49)54-32)15-16-43-45-41/h5-10,12-14,17,20,23-24,27,29-30,32,34-35H,11,15-16,18-19,21-22H2,1-4H3,(H,42,48)(H,44,47)/b12-8+/t24-,27-,29+,30-,32-,34-,35+/m0/s1. The summed E-state index contributed by atoms with van der Waals surface area (Å²) in [7, 11) is 1.48. The summed E-state index contributed by atoms with van der Waals surface area (Å²) in [6.07, 6.45) is 0.656. The van der Waals surface area contributed by atoms with E-state index in [-0.39, 0.29) is 51.3 Å². The fraction of sp³-hybridized carbons (Fsp3) is 0.500. The van der Waals surface area contributed by atoms with Crippen molar-refractivity contribution in [2.75, 3.05) is 26.8 Å². The number of alkyl halides is 1. The van der Waals surface area contributed by atoms with Crippen LogP contribution in [0.5, 0.6) is 5.75 Å². The van der Waals surface area contributed by atoms with Crippen LogP contribution in [0, 0.1) is 17.8 Å². The predicted octanol–water partition coefficient (Wildman–Crippen LogP) is 5.99. The van der Waals surface area contributed by atoms with Gasteiger partial charge in [0.2, 0.25) is 11.8 Å². The number of nitrogens with zero attached hydrogens (tertiary/aromatic N) is 3. The number of amides is 2. The fourth-order valence-corrected chi connectivity index (χ4v) is 7.08. The van der Waals surface area contributed by atoms with Gasteiger partial charge in [0.1, 0.15) is 30.8 Å². The minimum absolute atomic E-state index is 0.00199. The van der Waals surface area contributed by atoms with Crippen molar-refractivity contribution in [2.45, 2.75) is 75.6 Å². The highest BCUT2D eigenvalue weighted by Gasteiger charge is 2.37. The van der Waals surface area contributed by atoms with E-state index in [1.165, 1.54) is 19.3 Å². The Balaban J connectivity index is 2.05. The number of hydrogen-bond acceptors (Lipinski definition) is 10. The molecule has 0 aliphatic carbocycles. The first-order valence-corrected chi connectivity index (χ1v) is 18.9. The number of nitrogens with one attached hydrogen (secondary N) is 2. The summed E-state index contributed by atoms with van der Waals surface area (Å²) in [5, 5.41) is 9.28. The van der Waals surface area contributed by atoms with Gasteiger partial charge in [-0.25, -0.2) is 4.79 Å². The van der Waals surface area contributed by atoms with Gasteiger partial charge in [-0.1, -0.05) is 95.9 Å². The number of benzene rings is 2. The van der Waals surface area contributed by atoms with Crippen LogP contribution in [-0.2, 0) is 44.6 Å². The Morgan fingerprint density at radius 3 is 2.48 bits per heavy atom. The SMILES string of the molecule is COc1ccc(C[C@H]2NC(=O)/C=C/C[C@@H]([C@H](C)[C@@H](OCC=O)[C@@H](Br)c3ccccc3)OC(=O)[C@H](CC(C)C)OC(=O)[C@@H](CCN=[N+]=[N-])CNC2=O)cc1Cl. The van der Waals surface area contributed by atoms with Crippen LogP contribution in [0.2, 0.25) is 5.02 Å². The molecule has 292 valence electrons. The smallest absolute Gasteiger partial charge is 0.347 e. The van der Waals surface area contributed by atoms with Crippen molar-refractivity contribution < 1.29 is 42.9 Å². The molecular weight excluding hydrogens is 786 g/mol. The van der Waals surface area contributed by atoms with Gasteiger partial charge in [-0.15, -0.1) is 0 Å². The van der Waals surface area contributed by atoms with E-state index in [1.54, 1.807) is 25.1 Å². The second-order valence-electron chi connectivity index (χ2n) is 13.2.